The highest BCUT2D eigenvalue weighted by Crippen LogP contribution is 2.67. The van der Waals surface area contributed by atoms with Crippen LogP contribution < -0.4 is 5.73 Å². The highest BCUT2D eigenvalue weighted by molar-refractivity contribution is 7.68. The van der Waals surface area contributed by atoms with Gasteiger partial charge in [-0.1, -0.05) is 30.3 Å². The van der Waals surface area contributed by atoms with Crippen molar-refractivity contribution in [3.8, 4) is 0 Å². The van der Waals surface area contributed by atoms with E-state index >= 15 is 0 Å². The van der Waals surface area contributed by atoms with E-state index in [2.05, 4.69) is 23.6 Å². The Labute approximate surface area is 242 Å². The second kappa shape index (κ2) is 12.4. The molecule has 0 radical (unpaired) electrons. The predicted octanol–water partition coefficient (Wildman–Crippen LogP) is 1.57. The molecule has 1 aromatic carbocycles. The van der Waals surface area contributed by atoms with Crippen molar-refractivity contribution in [1.82, 2.24) is 19.5 Å². The minimum Gasteiger partial charge on any atom is -0.481 e. The molecule has 234 valence electrons. The van der Waals surface area contributed by atoms with Crippen molar-refractivity contribution in [3.63, 3.8) is 0 Å². The standard InChI is InChI=1S/C21H26N5O14P3/c22-19-16-20(24-10-23-19)26(11-25-16)21-18-17(37-15(38-18)8-12-4-2-1-3-5-12)13(36-21)9-35-42(31,32)40-43(33,34)39-41(29,30)7-6-14(27)28/h1-5,10-11,13,15,17-18,21H,6-9H2,(H,27,28)(H,29,30)(H,31,32)(H,33,34)(H2,22,23,24)/t13-,15?,17+,18+,21-/m1/s1. The number of phosphoric acid groups is 2. The molecule has 22 heteroatoms. The van der Waals surface area contributed by atoms with E-state index in [0.717, 1.165) is 5.56 Å². The number of benzene rings is 1. The quantitative estimate of drug-likeness (QED) is 0.162. The van der Waals surface area contributed by atoms with Crippen LogP contribution in [0, 0.1) is 0 Å². The third-order valence-corrected chi connectivity index (χ3v) is 11.0. The number of imidazole rings is 1. The second-order valence-corrected chi connectivity index (χ2v) is 14.5. The van der Waals surface area contributed by atoms with E-state index in [1.54, 1.807) is 0 Å². The fourth-order valence-corrected chi connectivity index (χ4v) is 8.54. The maximum Gasteiger partial charge on any atom is 0.488 e. The molecule has 0 bridgehead atoms. The molecule has 6 N–H and O–H groups in total. The van der Waals surface area contributed by atoms with Crippen molar-refractivity contribution < 1.29 is 65.6 Å². The molecule has 2 aliphatic heterocycles. The number of ether oxygens (including phenoxy) is 3. The van der Waals surface area contributed by atoms with Crippen molar-refractivity contribution in [3.05, 3.63) is 48.5 Å². The van der Waals surface area contributed by atoms with Crippen LogP contribution in [0.25, 0.3) is 11.2 Å². The van der Waals surface area contributed by atoms with Crippen LogP contribution in [0.2, 0.25) is 0 Å². The van der Waals surface area contributed by atoms with E-state index in [4.69, 9.17) is 29.6 Å². The molecule has 0 spiro atoms. The molecule has 19 nitrogen and oxygen atoms in total. The first-order chi connectivity index (χ1) is 20.2. The summed E-state index contributed by atoms with van der Waals surface area (Å²) in [5, 5.41) is 8.63. The van der Waals surface area contributed by atoms with Gasteiger partial charge in [-0.05, 0) is 5.56 Å². The minimum atomic E-state index is -5.69. The summed E-state index contributed by atoms with van der Waals surface area (Å²) in [5.41, 5.74) is 7.40. The van der Waals surface area contributed by atoms with E-state index in [1.807, 2.05) is 30.3 Å². The molecule has 2 fully saturated rings. The predicted molar refractivity (Wildman–Crippen MR) is 142 cm³/mol. The van der Waals surface area contributed by atoms with Gasteiger partial charge >= 0.3 is 29.2 Å². The molecule has 4 heterocycles. The largest absolute Gasteiger partial charge is 0.488 e. The summed E-state index contributed by atoms with van der Waals surface area (Å²) in [6, 6.07) is 9.30. The minimum absolute atomic E-state index is 0.119. The maximum atomic E-state index is 12.5. The summed E-state index contributed by atoms with van der Waals surface area (Å²) in [7, 11) is -16.1. The van der Waals surface area contributed by atoms with Gasteiger partial charge in [0.05, 0.1) is 25.5 Å². The van der Waals surface area contributed by atoms with Gasteiger partial charge < -0.3 is 39.7 Å². The number of phosphoric ester groups is 1. The average Bonchev–Trinajstić information content (AvgIpc) is 3.60. The number of carbonyl (C=O) groups is 1. The number of aliphatic carboxylic acids is 1. The number of anilines is 1. The van der Waals surface area contributed by atoms with Gasteiger partial charge in [0.1, 0.15) is 30.2 Å². The Hall–Kier alpha value is -2.63. The van der Waals surface area contributed by atoms with Gasteiger partial charge in [0.25, 0.3) is 0 Å². The van der Waals surface area contributed by atoms with Gasteiger partial charge in [-0.15, -0.1) is 0 Å². The normalized spacial score (nSPS) is 27.7. The highest BCUT2D eigenvalue weighted by Gasteiger charge is 2.54. The smallest absolute Gasteiger partial charge is 0.481 e. The summed E-state index contributed by atoms with van der Waals surface area (Å²) in [4.78, 5) is 52.4. The third-order valence-electron chi connectivity index (χ3n) is 6.26. The van der Waals surface area contributed by atoms with E-state index in [-0.39, 0.29) is 5.82 Å². The Morgan fingerprint density at radius 2 is 1.70 bits per heavy atom. The van der Waals surface area contributed by atoms with E-state index in [1.165, 1.54) is 17.2 Å². The summed E-state index contributed by atoms with van der Waals surface area (Å²) in [6.07, 6.45) is -3.49. The van der Waals surface area contributed by atoms with Crippen LogP contribution in [-0.4, -0.2) is 82.6 Å². The summed E-state index contributed by atoms with van der Waals surface area (Å²) in [6.45, 7) is -0.744. The van der Waals surface area contributed by atoms with Gasteiger partial charge in [0.2, 0.25) is 0 Å². The fourth-order valence-electron chi connectivity index (χ4n) is 4.49. The first-order valence-corrected chi connectivity index (χ1v) is 17.2. The van der Waals surface area contributed by atoms with Gasteiger partial charge in [-0.25, -0.2) is 28.4 Å². The molecule has 2 aromatic heterocycles. The lowest BCUT2D eigenvalue weighted by molar-refractivity contribution is -0.149. The number of nitrogen functional groups attached to an aromatic ring is 1. The number of hydrogen-bond donors (Lipinski definition) is 5. The Kier molecular flexibility index (Phi) is 9.17. The molecule has 0 aliphatic carbocycles. The number of nitrogens with zero attached hydrogens (tertiary/aromatic N) is 4. The molecule has 8 atom stereocenters. The van der Waals surface area contributed by atoms with E-state index < -0.39 is 79.2 Å². The zero-order valence-electron chi connectivity index (χ0n) is 21.8. The van der Waals surface area contributed by atoms with Gasteiger partial charge in [-0.3, -0.25) is 18.5 Å². The second-order valence-electron chi connectivity index (χ2n) is 9.37. The van der Waals surface area contributed by atoms with Crippen LogP contribution >= 0.6 is 23.2 Å². The fraction of sp³-hybridized carbons (Fsp3) is 0.429. The molecule has 5 rings (SSSR count). The third kappa shape index (κ3) is 7.72. The molecule has 43 heavy (non-hydrogen) atoms. The maximum absolute atomic E-state index is 12.5. The van der Waals surface area contributed by atoms with Crippen molar-refractivity contribution >= 4 is 46.2 Å². The van der Waals surface area contributed by atoms with Gasteiger partial charge in [-0.2, -0.15) is 4.31 Å². The van der Waals surface area contributed by atoms with Crippen LogP contribution in [0.15, 0.2) is 43.0 Å². The number of fused-ring (bicyclic) bond motifs is 2. The van der Waals surface area contributed by atoms with Crippen LogP contribution in [-0.2, 0) is 52.3 Å². The monoisotopic (exact) mass is 665 g/mol. The van der Waals surface area contributed by atoms with E-state index in [9.17, 15) is 33.2 Å². The SMILES string of the molecule is Nc1ncnc2c1ncn2[C@@H]1O[C@H](COP(=O)(O)OP(=O)(O)OP(=O)(O)CCC(=O)O)[C@@H]2OC(Cc3ccccc3)O[C@@H]21. The molecular weight excluding hydrogens is 639 g/mol. The lowest BCUT2D eigenvalue weighted by atomic mass is 10.1. The lowest BCUT2D eigenvalue weighted by Crippen LogP contribution is -2.31. The van der Waals surface area contributed by atoms with Crippen LogP contribution in [0.4, 0.5) is 5.82 Å². The first kappa shape index (κ1) is 31.8. The zero-order valence-corrected chi connectivity index (χ0v) is 24.5. The number of nitrogens with two attached hydrogens (primary N) is 1. The number of aromatic nitrogens is 4. The Balaban J connectivity index is 1.30. The van der Waals surface area contributed by atoms with Crippen molar-refractivity contribution in [2.45, 2.75) is 43.7 Å². The highest BCUT2D eigenvalue weighted by atomic mass is 31.3. The number of rotatable bonds is 13. The summed E-state index contributed by atoms with van der Waals surface area (Å²) < 4.78 is 69.4. The molecule has 2 aliphatic rings. The molecular formula is C21H26N5O14P3. The molecule has 4 unspecified atom stereocenters. The summed E-state index contributed by atoms with van der Waals surface area (Å²) in [5.74, 6) is -1.37. The van der Waals surface area contributed by atoms with Crippen molar-refractivity contribution in [2.75, 3.05) is 18.5 Å². The van der Waals surface area contributed by atoms with E-state index in [0.29, 0.717) is 17.6 Å². The summed E-state index contributed by atoms with van der Waals surface area (Å²) >= 11 is 0. The number of carboxylic acid groups (broad SMARTS) is 1. The molecule has 0 saturated carbocycles. The number of carboxylic acids is 1. The van der Waals surface area contributed by atoms with Gasteiger partial charge in [0.15, 0.2) is 24.0 Å². The topological polar surface area (TPSA) is 274 Å². The Morgan fingerprint density at radius 3 is 2.42 bits per heavy atom. The Bertz CT molecular complexity index is 1630. The molecule has 0 amide bonds. The van der Waals surface area contributed by atoms with Crippen molar-refractivity contribution in [2.24, 2.45) is 0 Å². The number of hydrogen-bond acceptors (Lipinski definition) is 14. The zero-order chi connectivity index (χ0) is 31.0. The van der Waals surface area contributed by atoms with Crippen LogP contribution in [0.1, 0.15) is 18.2 Å². The average molecular weight is 665 g/mol. The van der Waals surface area contributed by atoms with Crippen molar-refractivity contribution in [1.29, 1.82) is 0 Å². The molecule has 3 aromatic rings. The lowest BCUT2D eigenvalue weighted by Gasteiger charge is -2.22. The van der Waals surface area contributed by atoms with Gasteiger partial charge in [0, 0.05) is 6.42 Å². The Morgan fingerprint density at radius 1 is 0.977 bits per heavy atom. The first-order valence-electron chi connectivity index (χ1n) is 12.4. The molecule has 2 saturated heterocycles. The van der Waals surface area contributed by atoms with Crippen LogP contribution in [0.3, 0.4) is 0 Å². The van der Waals surface area contributed by atoms with Crippen LogP contribution in [0.5, 0.6) is 0 Å².